The summed E-state index contributed by atoms with van der Waals surface area (Å²) in [6.07, 6.45) is 6.34. The van der Waals surface area contributed by atoms with Gasteiger partial charge in [-0.15, -0.1) is 0 Å². The van der Waals surface area contributed by atoms with Gasteiger partial charge in [-0.25, -0.2) is 9.97 Å². The molecule has 0 fully saturated rings. The number of aromatic nitrogens is 3. The summed E-state index contributed by atoms with van der Waals surface area (Å²) in [7, 11) is 0. The Morgan fingerprint density at radius 1 is 1.24 bits per heavy atom. The monoisotopic (exact) mass is 339 g/mol. The van der Waals surface area contributed by atoms with Crippen molar-refractivity contribution in [2.24, 2.45) is 0 Å². The number of aryl methyl sites for hydroxylation is 1. The van der Waals surface area contributed by atoms with Crippen molar-refractivity contribution in [3.63, 3.8) is 0 Å². The first-order valence-electron chi connectivity index (χ1n) is 8.96. The van der Waals surface area contributed by atoms with Gasteiger partial charge in [0.15, 0.2) is 5.82 Å². The second-order valence-electron chi connectivity index (χ2n) is 6.31. The number of benzene rings is 1. The highest BCUT2D eigenvalue weighted by molar-refractivity contribution is 6.06. The number of amides is 1. The third kappa shape index (κ3) is 3.90. The van der Waals surface area contributed by atoms with E-state index >= 15 is 0 Å². The zero-order valence-electron chi connectivity index (χ0n) is 14.7. The van der Waals surface area contributed by atoms with Crippen molar-refractivity contribution >= 4 is 33.7 Å². The lowest BCUT2D eigenvalue weighted by Crippen LogP contribution is -2.23. The minimum atomic E-state index is 0.153. The Hall–Kier alpha value is -2.63. The molecule has 3 N–H and O–H groups in total. The summed E-state index contributed by atoms with van der Waals surface area (Å²) in [4.78, 5) is 20.5. The van der Waals surface area contributed by atoms with Crippen LogP contribution < -0.4 is 11.1 Å². The Morgan fingerprint density at radius 3 is 2.92 bits per heavy atom. The molecule has 0 radical (unpaired) electrons. The number of anilines is 1. The first-order chi connectivity index (χ1) is 12.2. The van der Waals surface area contributed by atoms with Gasteiger partial charge in [0.1, 0.15) is 5.52 Å². The van der Waals surface area contributed by atoms with Crippen molar-refractivity contribution in [3.8, 4) is 0 Å². The number of nitrogens with one attached hydrogen (secondary N) is 1. The molecule has 0 aliphatic rings. The molecule has 0 aliphatic carbocycles. The van der Waals surface area contributed by atoms with E-state index in [2.05, 4.69) is 32.8 Å². The van der Waals surface area contributed by atoms with Gasteiger partial charge in [-0.3, -0.25) is 4.79 Å². The van der Waals surface area contributed by atoms with Crippen molar-refractivity contribution in [1.82, 2.24) is 19.9 Å². The molecular formula is C19H25N5O. The van der Waals surface area contributed by atoms with Gasteiger partial charge in [0.25, 0.3) is 0 Å². The van der Waals surface area contributed by atoms with E-state index in [9.17, 15) is 4.79 Å². The number of fused-ring (bicyclic) bond motifs is 3. The Labute approximate surface area is 147 Å². The summed E-state index contributed by atoms with van der Waals surface area (Å²) in [6.45, 7) is 3.69. The average Bonchev–Trinajstić information content (AvgIpc) is 3.05. The normalized spacial score (nSPS) is 11.2. The smallest absolute Gasteiger partial charge is 0.219 e. The SMILES string of the molecule is CCCNC(=O)CCCCCn1cnc2c(N)nc3ccccc3c21. The second kappa shape index (κ2) is 7.96. The standard InChI is InChI=1S/C19H25N5O/c1-2-11-21-16(25)10-4-3-7-12-24-13-22-17-18(24)14-8-5-6-9-15(14)23-19(17)20/h5-6,8-9,13H,2-4,7,10-12H2,1H3,(H2,20,23)(H,21,25). The summed E-state index contributed by atoms with van der Waals surface area (Å²) in [6, 6.07) is 7.99. The van der Waals surface area contributed by atoms with Gasteiger partial charge in [-0.1, -0.05) is 31.5 Å². The van der Waals surface area contributed by atoms with E-state index in [4.69, 9.17) is 5.73 Å². The molecule has 25 heavy (non-hydrogen) atoms. The van der Waals surface area contributed by atoms with Gasteiger partial charge in [-0.05, 0) is 25.3 Å². The van der Waals surface area contributed by atoms with Crippen LogP contribution in [0.3, 0.4) is 0 Å². The molecule has 2 heterocycles. The van der Waals surface area contributed by atoms with Crippen LogP contribution in [0.15, 0.2) is 30.6 Å². The number of nitrogen functional groups attached to an aromatic ring is 1. The van der Waals surface area contributed by atoms with E-state index in [0.717, 1.165) is 60.7 Å². The van der Waals surface area contributed by atoms with Gasteiger partial charge >= 0.3 is 0 Å². The van der Waals surface area contributed by atoms with Crippen LogP contribution in [0.2, 0.25) is 0 Å². The van der Waals surface area contributed by atoms with Crippen LogP contribution in [0.1, 0.15) is 39.0 Å². The zero-order valence-corrected chi connectivity index (χ0v) is 14.7. The van der Waals surface area contributed by atoms with E-state index in [1.54, 1.807) is 0 Å². The van der Waals surface area contributed by atoms with E-state index in [1.807, 2.05) is 24.5 Å². The molecule has 0 aliphatic heterocycles. The molecule has 3 aromatic rings. The molecule has 0 saturated heterocycles. The molecule has 0 atom stereocenters. The summed E-state index contributed by atoms with van der Waals surface area (Å²) in [5, 5.41) is 3.98. The van der Waals surface area contributed by atoms with Crippen molar-refractivity contribution in [3.05, 3.63) is 30.6 Å². The molecule has 1 amide bonds. The number of pyridine rings is 1. The fourth-order valence-electron chi connectivity index (χ4n) is 3.07. The van der Waals surface area contributed by atoms with Crippen LogP contribution in [0, 0.1) is 0 Å². The number of nitrogens with zero attached hydrogens (tertiary/aromatic N) is 3. The van der Waals surface area contributed by atoms with Crippen LogP contribution in [0.4, 0.5) is 5.82 Å². The van der Waals surface area contributed by atoms with Crippen LogP contribution in [-0.2, 0) is 11.3 Å². The Kier molecular flexibility index (Phi) is 5.48. The predicted molar refractivity (Wildman–Crippen MR) is 101 cm³/mol. The molecular weight excluding hydrogens is 314 g/mol. The van der Waals surface area contributed by atoms with Gasteiger partial charge in [0, 0.05) is 24.9 Å². The summed E-state index contributed by atoms with van der Waals surface area (Å²) < 4.78 is 2.15. The third-order valence-electron chi connectivity index (χ3n) is 4.36. The molecule has 0 bridgehead atoms. The fraction of sp³-hybridized carbons (Fsp3) is 0.421. The molecule has 0 unspecified atom stereocenters. The number of imidazole rings is 1. The molecule has 2 aromatic heterocycles. The number of hydrogen-bond donors (Lipinski definition) is 2. The number of para-hydroxylation sites is 1. The first kappa shape index (κ1) is 17.2. The van der Waals surface area contributed by atoms with Crippen LogP contribution >= 0.6 is 0 Å². The summed E-state index contributed by atoms with van der Waals surface area (Å²) in [5.41, 5.74) is 8.75. The lowest BCUT2D eigenvalue weighted by Gasteiger charge is -2.08. The quantitative estimate of drug-likeness (QED) is 0.617. The molecule has 0 spiro atoms. The lowest BCUT2D eigenvalue weighted by molar-refractivity contribution is -0.121. The number of nitrogens with two attached hydrogens (primary N) is 1. The van der Waals surface area contributed by atoms with Crippen molar-refractivity contribution in [2.45, 2.75) is 45.6 Å². The van der Waals surface area contributed by atoms with Gasteiger partial charge in [0.05, 0.1) is 17.4 Å². The van der Waals surface area contributed by atoms with Crippen molar-refractivity contribution in [2.75, 3.05) is 12.3 Å². The number of unbranched alkanes of at least 4 members (excludes halogenated alkanes) is 2. The number of rotatable bonds is 8. The molecule has 6 heteroatoms. The second-order valence-corrected chi connectivity index (χ2v) is 6.31. The number of carbonyl (C=O) groups excluding carboxylic acids is 1. The topological polar surface area (TPSA) is 85.8 Å². The van der Waals surface area contributed by atoms with Crippen molar-refractivity contribution < 1.29 is 4.79 Å². The Bertz CT molecular complexity index is 871. The first-order valence-corrected chi connectivity index (χ1v) is 8.96. The maximum absolute atomic E-state index is 11.6. The van der Waals surface area contributed by atoms with E-state index in [1.165, 1.54) is 0 Å². The third-order valence-corrected chi connectivity index (χ3v) is 4.36. The van der Waals surface area contributed by atoms with Crippen LogP contribution in [0.5, 0.6) is 0 Å². The molecule has 0 saturated carbocycles. The molecule has 1 aromatic carbocycles. The van der Waals surface area contributed by atoms with E-state index in [-0.39, 0.29) is 5.91 Å². The van der Waals surface area contributed by atoms with Gasteiger partial charge in [-0.2, -0.15) is 0 Å². The summed E-state index contributed by atoms with van der Waals surface area (Å²) >= 11 is 0. The fourth-order valence-corrected chi connectivity index (χ4v) is 3.07. The molecule has 132 valence electrons. The zero-order chi connectivity index (χ0) is 17.6. The molecule has 6 nitrogen and oxygen atoms in total. The minimum Gasteiger partial charge on any atom is -0.382 e. The Morgan fingerprint density at radius 2 is 2.08 bits per heavy atom. The number of hydrogen-bond acceptors (Lipinski definition) is 4. The lowest BCUT2D eigenvalue weighted by atomic mass is 10.1. The van der Waals surface area contributed by atoms with Crippen molar-refractivity contribution in [1.29, 1.82) is 0 Å². The van der Waals surface area contributed by atoms with Gasteiger partial charge in [0.2, 0.25) is 5.91 Å². The maximum Gasteiger partial charge on any atom is 0.219 e. The van der Waals surface area contributed by atoms with Crippen LogP contribution in [-0.4, -0.2) is 27.0 Å². The van der Waals surface area contributed by atoms with Crippen LogP contribution in [0.25, 0.3) is 21.9 Å². The highest BCUT2D eigenvalue weighted by atomic mass is 16.1. The number of carbonyl (C=O) groups is 1. The minimum absolute atomic E-state index is 0.153. The van der Waals surface area contributed by atoms with E-state index in [0.29, 0.717) is 12.2 Å². The highest BCUT2D eigenvalue weighted by Crippen LogP contribution is 2.27. The predicted octanol–water partition coefficient (Wildman–Crippen LogP) is 3.25. The Balaban J connectivity index is 1.64. The molecule has 3 rings (SSSR count). The average molecular weight is 339 g/mol. The maximum atomic E-state index is 11.6. The van der Waals surface area contributed by atoms with Gasteiger partial charge < -0.3 is 15.6 Å². The van der Waals surface area contributed by atoms with E-state index < -0.39 is 0 Å². The highest BCUT2D eigenvalue weighted by Gasteiger charge is 2.11. The largest absolute Gasteiger partial charge is 0.382 e. The summed E-state index contributed by atoms with van der Waals surface area (Å²) in [5.74, 6) is 0.625.